The van der Waals surface area contributed by atoms with Crippen molar-refractivity contribution in [2.45, 2.75) is 52.9 Å². The van der Waals surface area contributed by atoms with E-state index in [-0.39, 0.29) is 0 Å². The third kappa shape index (κ3) is 3.57. The van der Waals surface area contributed by atoms with Crippen LogP contribution in [0.15, 0.2) is 11.1 Å². The summed E-state index contributed by atoms with van der Waals surface area (Å²) in [5.74, 6) is 0. The lowest BCUT2D eigenvalue weighted by Gasteiger charge is -2.06. The van der Waals surface area contributed by atoms with E-state index in [1.165, 1.54) is 5.57 Å². The molecule has 0 fully saturated rings. The fraction of sp³-hybridized carbons (Fsp3) is 0.727. The fourth-order valence-electron chi connectivity index (χ4n) is 1.44. The first kappa shape index (κ1) is 11.2. The smallest absolute Gasteiger partial charge is 0.0946 e. The maximum Gasteiger partial charge on any atom is 0.0946 e. The SMILES string of the molecule is CCCC(CCC)=C(C#N)CC. The number of hydrogen-bond donors (Lipinski definition) is 0. The Morgan fingerprint density at radius 3 is 1.83 bits per heavy atom. The molecule has 1 heteroatoms. The van der Waals surface area contributed by atoms with Gasteiger partial charge in [0.05, 0.1) is 6.07 Å². The Morgan fingerprint density at radius 1 is 1.08 bits per heavy atom. The number of nitriles is 1. The van der Waals surface area contributed by atoms with E-state index >= 15 is 0 Å². The summed E-state index contributed by atoms with van der Waals surface area (Å²) < 4.78 is 0. The van der Waals surface area contributed by atoms with Gasteiger partial charge in [0.1, 0.15) is 0 Å². The molecular formula is C11H19N. The summed E-state index contributed by atoms with van der Waals surface area (Å²) in [6.45, 7) is 6.39. The van der Waals surface area contributed by atoms with Crippen molar-refractivity contribution in [3.63, 3.8) is 0 Å². The van der Waals surface area contributed by atoms with Crippen LogP contribution in [0.3, 0.4) is 0 Å². The number of allylic oxidation sites excluding steroid dienone is 2. The molecule has 0 aliphatic heterocycles. The lowest BCUT2D eigenvalue weighted by Crippen LogP contribution is -1.89. The molecule has 1 nitrogen and oxygen atoms in total. The van der Waals surface area contributed by atoms with Crippen molar-refractivity contribution in [1.29, 1.82) is 5.26 Å². The molecule has 0 aromatic heterocycles. The first-order chi connectivity index (χ1) is 5.79. The molecule has 0 atom stereocenters. The van der Waals surface area contributed by atoms with Crippen LogP contribution in [0.4, 0.5) is 0 Å². The molecule has 0 aromatic carbocycles. The Bertz CT molecular complexity index is 176. The fourth-order valence-corrected chi connectivity index (χ4v) is 1.44. The quantitative estimate of drug-likeness (QED) is 0.568. The maximum absolute atomic E-state index is 8.84. The van der Waals surface area contributed by atoms with Gasteiger partial charge in [0, 0.05) is 5.57 Å². The minimum atomic E-state index is 0.895. The molecule has 0 saturated carbocycles. The Labute approximate surface area is 76.1 Å². The molecule has 0 radical (unpaired) electrons. The van der Waals surface area contributed by atoms with E-state index in [0.717, 1.165) is 37.7 Å². The van der Waals surface area contributed by atoms with Crippen LogP contribution in [0, 0.1) is 11.3 Å². The van der Waals surface area contributed by atoms with Gasteiger partial charge in [-0.25, -0.2) is 0 Å². The Morgan fingerprint density at radius 2 is 1.58 bits per heavy atom. The zero-order valence-electron chi connectivity index (χ0n) is 8.48. The second kappa shape index (κ2) is 6.91. The van der Waals surface area contributed by atoms with Crippen LogP contribution < -0.4 is 0 Å². The van der Waals surface area contributed by atoms with Crippen LogP contribution in [0.1, 0.15) is 52.9 Å². The van der Waals surface area contributed by atoms with Gasteiger partial charge in [-0.1, -0.05) is 39.2 Å². The molecule has 0 aliphatic carbocycles. The van der Waals surface area contributed by atoms with E-state index in [9.17, 15) is 0 Å². The molecule has 68 valence electrons. The highest BCUT2D eigenvalue weighted by molar-refractivity contribution is 5.27. The highest BCUT2D eigenvalue weighted by Crippen LogP contribution is 2.18. The third-order valence-corrected chi connectivity index (χ3v) is 2.02. The molecule has 0 rings (SSSR count). The van der Waals surface area contributed by atoms with Gasteiger partial charge in [0.25, 0.3) is 0 Å². The van der Waals surface area contributed by atoms with E-state index in [1.54, 1.807) is 0 Å². The summed E-state index contributed by atoms with van der Waals surface area (Å²) in [4.78, 5) is 0. The van der Waals surface area contributed by atoms with Crippen LogP contribution in [0.25, 0.3) is 0 Å². The highest BCUT2D eigenvalue weighted by atomic mass is 14.2. The van der Waals surface area contributed by atoms with Gasteiger partial charge < -0.3 is 0 Å². The zero-order chi connectivity index (χ0) is 9.40. The van der Waals surface area contributed by atoms with E-state index in [4.69, 9.17) is 5.26 Å². The van der Waals surface area contributed by atoms with Crippen molar-refractivity contribution < 1.29 is 0 Å². The average molecular weight is 165 g/mol. The monoisotopic (exact) mass is 165 g/mol. The Balaban J connectivity index is 4.42. The average Bonchev–Trinajstić information content (AvgIpc) is 2.07. The van der Waals surface area contributed by atoms with Crippen molar-refractivity contribution in [2.75, 3.05) is 0 Å². The molecule has 0 aliphatic rings. The van der Waals surface area contributed by atoms with Crippen molar-refractivity contribution in [1.82, 2.24) is 0 Å². The first-order valence-electron chi connectivity index (χ1n) is 4.91. The van der Waals surface area contributed by atoms with Gasteiger partial charge in [-0.3, -0.25) is 0 Å². The predicted molar refractivity (Wildman–Crippen MR) is 52.7 cm³/mol. The summed E-state index contributed by atoms with van der Waals surface area (Å²) in [5, 5.41) is 8.84. The van der Waals surface area contributed by atoms with Crippen LogP contribution >= 0.6 is 0 Å². The van der Waals surface area contributed by atoms with Crippen molar-refractivity contribution >= 4 is 0 Å². The molecule has 0 bridgehead atoms. The van der Waals surface area contributed by atoms with Crippen LogP contribution in [0.5, 0.6) is 0 Å². The van der Waals surface area contributed by atoms with E-state index in [1.807, 2.05) is 0 Å². The van der Waals surface area contributed by atoms with Gasteiger partial charge >= 0.3 is 0 Å². The molecule has 0 spiro atoms. The second-order valence-electron chi connectivity index (χ2n) is 3.05. The summed E-state index contributed by atoms with van der Waals surface area (Å²) in [7, 11) is 0. The molecule has 12 heavy (non-hydrogen) atoms. The molecule has 0 N–H and O–H groups in total. The lowest BCUT2D eigenvalue weighted by atomic mass is 9.98. The predicted octanol–water partition coefficient (Wildman–Crippen LogP) is 3.82. The summed E-state index contributed by atoms with van der Waals surface area (Å²) in [6, 6.07) is 2.30. The van der Waals surface area contributed by atoms with Gasteiger partial charge in [-0.15, -0.1) is 0 Å². The summed E-state index contributed by atoms with van der Waals surface area (Å²) >= 11 is 0. The molecule has 0 heterocycles. The molecule has 0 amide bonds. The normalized spacial score (nSPS) is 9.17. The number of nitrogens with zero attached hydrogens (tertiary/aromatic N) is 1. The van der Waals surface area contributed by atoms with E-state index in [0.29, 0.717) is 0 Å². The van der Waals surface area contributed by atoms with Crippen molar-refractivity contribution in [3.8, 4) is 6.07 Å². The van der Waals surface area contributed by atoms with Gasteiger partial charge in [0.2, 0.25) is 0 Å². The molecular weight excluding hydrogens is 146 g/mol. The zero-order valence-corrected chi connectivity index (χ0v) is 8.48. The van der Waals surface area contributed by atoms with Gasteiger partial charge in [0.15, 0.2) is 0 Å². The van der Waals surface area contributed by atoms with E-state index < -0.39 is 0 Å². The van der Waals surface area contributed by atoms with Crippen molar-refractivity contribution in [2.24, 2.45) is 0 Å². The number of rotatable bonds is 5. The Hall–Kier alpha value is -0.770. The summed E-state index contributed by atoms with van der Waals surface area (Å²) in [6.07, 6.45) is 5.40. The van der Waals surface area contributed by atoms with Crippen molar-refractivity contribution in [3.05, 3.63) is 11.1 Å². The minimum absolute atomic E-state index is 0.895. The van der Waals surface area contributed by atoms with Crippen LogP contribution in [-0.4, -0.2) is 0 Å². The topological polar surface area (TPSA) is 23.8 Å². The van der Waals surface area contributed by atoms with E-state index in [2.05, 4.69) is 26.8 Å². The summed E-state index contributed by atoms with van der Waals surface area (Å²) in [5.41, 5.74) is 2.39. The minimum Gasteiger partial charge on any atom is -0.193 e. The third-order valence-electron chi connectivity index (χ3n) is 2.02. The van der Waals surface area contributed by atoms with Crippen LogP contribution in [0.2, 0.25) is 0 Å². The molecule has 0 unspecified atom stereocenters. The van der Waals surface area contributed by atoms with Gasteiger partial charge in [-0.05, 0) is 19.3 Å². The lowest BCUT2D eigenvalue weighted by molar-refractivity contribution is 0.786. The number of hydrogen-bond acceptors (Lipinski definition) is 1. The molecule has 0 aromatic rings. The van der Waals surface area contributed by atoms with Gasteiger partial charge in [-0.2, -0.15) is 5.26 Å². The standard InChI is InChI=1S/C11H19N/c1-4-7-11(8-5-2)10(6-3)9-12/h4-8H2,1-3H3. The highest BCUT2D eigenvalue weighted by Gasteiger charge is 2.02. The Kier molecular flexibility index (Phi) is 6.47. The maximum atomic E-state index is 8.84. The largest absolute Gasteiger partial charge is 0.193 e. The first-order valence-corrected chi connectivity index (χ1v) is 4.91. The second-order valence-corrected chi connectivity index (χ2v) is 3.05. The van der Waals surface area contributed by atoms with Crippen LogP contribution in [-0.2, 0) is 0 Å². The molecule has 0 saturated heterocycles.